The van der Waals surface area contributed by atoms with Crippen LogP contribution in [0.15, 0.2) is 30.9 Å². The Kier molecular flexibility index (Phi) is 7.26. The number of nitrogen functional groups attached to an aromatic ring is 1. The SMILES string of the molecule is N#Cc1ncn2c(N3CCCC3)c(CNC(=O)c3c(N)nn4cccnc34)cc(Cl)c12.O=C(O)C(F)(F)F. The zero-order valence-electron chi connectivity index (χ0n) is 19.4. The third-order valence-corrected chi connectivity index (χ3v) is 5.94. The average Bonchev–Trinajstić information content (AvgIpc) is 3.60. The maximum Gasteiger partial charge on any atom is 0.490 e. The number of imidazole rings is 1. The molecular formula is C22H19ClF3N9O3. The van der Waals surface area contributed by atoms with Gasteiger partial charge >= 0.3 is 12.1 Å². The van der Waals surface area contributed by atoms with Gasteiger partial charge in [0.15, 0.2) is 17.2 Å². The van der Waals surface area contributed by atoms with E-state index in [1.807, 2.05) is 4.40 Å². The second-order valence-electron chi connectivity index (χ2n) is 8.09. The molecule has 0 spiro atoms. The summed E-state index contributed by atoms with van der Waals surface area (Å²) in [6.07, 6.45) is 1.92. The lowest BCUT2D eigenvalue weighted by Crippen LogP contribution is -2.27. The first-order valence-corrected chi connectivity index (χ1v) is 11.4. The van der Waals surface area contributed by atoms with E-state index in [1.165, 1.54) is 4.52 Å². The summed E-state index contributed by atoms with van der Waals surface area (Å²) < 4.78 is 35.0. The Morgan fingerprint density at radius 3 is 2.58 bits per heavy atom. The Bertz CT molecular complexity index is 1570. The number of aliphatic carboxylic acids is 1. The lowest BCUT2D eigenvalue weighted by molar-refractivity contribution is -0.192. The Morgan fingerprint density at radius 2 is 1.95 bits per heavy atom. The lowest BCUT2D eigenvalue weighted by atomic mass is 10.2. The third kappa shape index (κ3) is 5.11. The van der Waals surface area contributed by atoms with E-state index < -0.39 is 12.1 Å². The molecule has 0 saturated carbocycles. The maximum atomic E-state index is 13.0. The summed E-state index contributed by atoms with van der Waals surface area (Å²) in [6.45, 7) is 1.97. The molecule has 198 valence electrons. The van der Waals surface area contributed by atoms with Crippen LogP contribution in [0.3, 0.4) is 0 Å². The van der Waals surface area contributed by atoms with Gasteiger partial charge in [0.25, 0.3) is 5.91 Å². The molecule has 0 aromatic carbocycles. The summed E-state index contributed by atoms with van der Waals surface area (Å²) in [5.74, 6) is -2.15. The Balaban J connectivity index is 0.000000426. The van der Waals surface area contributed by atoms with E-state index in [2.05, 4.69) is 31.4 Å². The first-order valence-electron chi connectivity index (χ1n) is 11.0. The maximum absolute atomic E-state index is 13.0. The van der Waals surface area contributed by atoms with E-state index in [4.69, 9.17) is 27.2 Å². The fourth-order valence-electron chi connectivity index (χ4n) is 4.06. The molecule has 1 fully saturated rings. The van der Waals surface area contributed by atoms with Gasteiger partial charge in [0, 0.05) is 37.6 Å². The van der Waals surface area contributed by atoms with Gasteiger partial charge in [0.1, 0.15) is 29.3 Å². The van der Waals surface area contributed by atoms with E-state index in [1.54, 1.807) is 30.9 Å². The van der Waals surface area contributed by atoms with Crippen molar-refractivity contribution in [1.82, 2.24) is 29.3 Å². The fourth-order valence-corrected chi connectivity index (χ4v) is 4.37. The molecule has 1 aliphatic heterocycles. The van der Waals surface area contributed by atoms with Crippen molar-refractivity contribution in [2.45, 2.75) is 25.6 Å². The minimum atomic E-state index is -5.08. The predicted octanol–water partition coefficient (Wildman–Crippen LogP) is 2.65. The molecule has 0 radical (unpaired) electrons. The number of carbonyl (C=O) groups excluding carboxylic acids is 1. The van der Waals surface area contributed by atoms with Gasteiger partial charge in [0.2, 0.25) is 0 Å². The fraction of sp³-hybridized carbons (Fsp3) is 0.273. The van der Waals surface area contributed by atoms with Crippen LogP contribution in [0.4, 0.5) is 24.8 Å². The molecule has 5 heterocycles. The number of fused-ring (bicyclic) bond motifs is 2. The van der Waals surface area contributed by atoms with Crippen LogP contribution in [0.2, 0.25) is 5.02 Å². The highest BCUT2D eigenvalue weighted by atomic mass is 35.5. The number of carboxylic acid groups (broad SMARTS) is 1. The zero-order valence-corrected chi connectivity index (χ0v) is 20.2. The van der Waals surface area contributed by atoms with Crippen LogP contribution in [-0.2, 0) is 11.3 Å². The second kappa shape index (κ2) is 10.4. The van der Waals surface area contributed by atoms with Gasteiger partial charge in [-0.1, -0.05) is 11.6 Å². The highest BCUT2D eigenvalue weighted by molar-refractivity contribution is 6.34. The molecule has 5 rings (SSSR count). The van der Waals surface area contributed by atoms with Crippen LogP contribution in [0, 0.1) is 11.3 Å². The number of aromatic nitrogens is 5. The second-order valence-corrected chi connectivity index (χ2v) is 8.50. The van der Waals surface area contributed by atoms with Crippen LogP contribution in [0.25, 0.3) is 11.2 Å². The number of pyridine rings is 1. The topological polar surface area (TPSA) is 167 Å². The number of nitrogens with zero attached hydrogens (tertiary/aromatic N) is 7. The smallest absolute Gasteiger partial charge is 0.475 e. The van der Waals surface area contributed by atoms with Crippen molar-refractivity contribution in [3.05, 3.63) is 52.7 Å². The molecule has 0 aliphatic carbocycles. The number of hydrogen-bond acceptors (Lipinski definition) is 8. The number of halogens is 4. The van der Waals surface area contributed by atoms with E-state index in [0.29, 0.717) is 16.2 Å². The van der Waals surface area contributed by atoms with Crippen molar-refractivity contribution >= 4 is 46.3 Å². The number of nitrogens with one attached hydrogen (secondary N) is 1. The van der Waals surface area contributed by atoms with Crippen LogP contribution >= 0.6 is 11.6 Å². The molecule has 4 aromatic heterocycles. The van der Waals surface area contributed by atoms with Gasteiger partial charge in [-0.05, 0) is 25.0 Å². The molecule has 4 aromatic rings. The number of carbonyl (C=O) groups is 2. The summed E-state index contributed by atoms with van der Waals surface area (Å²) in [7, 11) is 0. The summed E-state index contributed by atoms with van der Waals surface area (Å²) in [6, 6.07) is 5.58. The van der Waals surface area contributed by atoms with Crippen LogP contribution in [-0.4, -0.2) is 60.2 Å². The Hall–Kier alpha value is -4.58. The van der Waals surface area contributed by atoms with E-state index in [-0.39, 0.29) is 29.5 Å². The van der Waals surface area contributed by atoms with E-state index in [0.717, 1.165) is 37.3 Å². The van der Waals surface area contributed by atoms with E-state index in [9.17, 15) is 23.2 Å². The van der Waals surface area contributed by atoms with Gasteiger partial charge in [-0.15, -0.1) is 5.10 Å². The van der Waals surface area contributed by atoms with Crippen molar-refractivity contribution in [2.75, 3.05) is 23.7 Å². The van der Waals surface area contributed by atoms with Crippen molar-refractivity contribution < 1.29 is 27.9 Å². The number of rotatable bonds is 4. The number of alkyl halides is 3. The normalized spacial score (nSPS) is 13.3. The number of nitrogens with two attached hydrogens (primary N) is 1. The summed E-state index contributed by atoms with van der Waals surface area (Å²) in [5, 5.41) is 24.0. The van der Waals surface area contributed by atoms with E-state index >= 15 is 0 Å². The summed E-state index contributed by atoms with van der Waals surface area (Å²) in [5.41, 5.74) is 8.23. The first-order chi connectivity index (χ1) is 18.0. The number of hydrogen-bond donors (Lipinski definition) is 3. The molecule has 1 saturated heterocycles. The number of amides is 1. The summed E-state index contributed by atoms with van der Waals surface area (Å²) in [4.78, 5) is 32.5. The van der Waals surface area contributed by atoms with Crippen molar-refractivity contribution in [1.29, 1.82) is 5.26 Å². The van der Waals surface area contributed by atoms with Gasteiger partial charge in [-0.2, -0.15) is 18.4 Å². The van der Waals surface area contributed by atoms with Crippen molar-refractivity contribution in [3.8, 4) is 6.07 Å². The summed E-state index contributed by atoms with van der Waals surface area (Å²) >= 11 is 6.50. The Labute approximate surface area is 217 Å². The monoisotopic (exact) mass is 549 g/mol. The molecule has 1 aliphatic rings. The van der Waals surface area contributed by atoms with Gasteiger partial charge in [0.05, 0.1) is 5.02 Å². The van der Waals surface area contributed by atoms with Crippen LogP contribution < -0.4 is 16.0 Å². The lowest BCUT2D eigenvalue weighted by Gasteiger charge is -2.23. The van der Waals surface area contributed by atoms with Gasteiger partial charge in [-0.3, -0.25) is 9.20 Å². The quantitative estimate of drug-likeness (QED) is 0.346. The highest BCUT2D eigenvalue weighted by Gasteiger charge is 2.38. The molecule has 0 bridgehead atoms. The predicted molar refractivity (Wildman–Crippen MR) is 129 cm³/mol. The standard InChI is InChI=1S/C20H18ClN9O.C2HF3O2/c21-13-8-12(10-25-19(31)15-17(23)27-30-7-3-4-24-18(15)30)20(28-5-1-2-6-28)29-11-26-14(9-22)16(13)29;3-2(4,5)1(6)7/h3-4,7-8,11H,1-2,5-6,10H2,(H2,23,27)(H,25,31);(H,6,7). The molecule has 38 heavy (non-hydrogen) atoms. The Morgan fingerprint density at radius 1 is 1.26 bits per heavy atom. The van der Waals surface area contributed by atoms with Crippen molar-refractivity contribution in [2.24, 2.45) is 0 Å². The molecule has 0 unspecified atom stereocenters. The number of nitriles is 1. The third-order valence-electron chi connectivity index (χ3n) is 5.65. The largest absolute Gasteiger partial charge is 0.490 e. The van der Waals surface area contributed by atoms with Crippen LogP contribution in [0.5, 0.6) is 0 Å². The number of anilines is 2. The molecule has 4 N–H and O–H groups in total. The minimum absolute atomic E-state index is 0.109. The average molecular weight is 550 g/mol. The molecule has 1 amide bonds. The van der Waals surface area contributed by atoms with Gasteiger partial charge in [-0.25, -0.2) is 19.3 Å². The van der Waals surface area contributed by atoms with Crippen molar-refractivity contribution in [3.63, 3.8) is 0 Å². The number of carboxylic acids is 1. The molecular weight excluding hydrogens is 531 g/mol. The zero-order chi connectivity index (χ0) is 27.6. The first kappa shape index (κ1) is 26.5. The van der Waals surface area contributed by atoms with Crippen LogP contribution in [0.1, 0.15) is 34.5 Å². The minimum Gasteiger partial charge on any atom is -0.475 e. The molecule has 0 atom stereocenters. The molecule has 16 heteroatoms. The highest BCUT2D eigenvalue weighted by Crippen LogP contribution is 2.32. The van der Waals surface area contributed by atoms with Gasteiger partial charge < -0.3 is 21.1 Å². The molecule has 12 nitrogen and oxygen atoms in total.